The topological polar surface area (TPSA) is 48.9 Å². The van der Waals surface area contributed by atoms with Crippen LogP contribution in [0.3, 0.4) is 0 Å². The number of nitrogens with zero attached hydrogens (tertiary/aromatic N) is 2. The maximum absolute atomic E-state index is 6.04. The zero-order valence-corrected chi connectivity index (χ0v) is 16.9. The number of likely N-dealkylation sites (tertiary alicyclic amines) is 1. The first-order chi connectivity index (χ1) is 12.6. The Bertz CT molecular complexity index is 553. The summed E-state index contributed by atoms with van der Waals surface area (Å²) in [6.45, 7) is 13.6. The molecule has 0 saturated carbocycles. The van der Waals surface area contributed by atoms with Gasteiger partial charge in [-0.1, -0.05) is 25.1 Å². The first-order valence-electron chi connectivity index (χ1n) is 10.1. The van der Waals surface area contributed by atoms with Crippen LogP contribution in [0.25, 0.3) is 0 Å². The van der Waals surface area contributed by atoms with Crippen LogP contribution in [0.15, 0.2) is 29.3 Å². The Hall–Kier alpha value is -1.75. The number of piperidine rings is 1. The summed E-state index contributed by atoms with van der Waals surface area (Å²) >= 11 is 0. The molecular formula is C21H36N4O. The number of ether oxygens (including phenoxy) is 1. The van der Waals surface area contributed by atoms with Crippen LogP contribution >= 0.6 is 0 Å². The van der Waals surface area contributed by atoms with Crippen LogP contribution in [0.1, 0.15) is 45.6 Å². The number of guanidine groups is 1. The third kappa shape index (κ3) is 6.87. The van der Waals surface area contributed by atoms with Crippen LogP contribution < -0.4 is 15.4 Å². The minimum atomic E-state index is 0.0398. The van der Waals surface area contributed by atoms with E-state index in [1.807, 2.05) is 18.2 Å². The number of aliphatic imine (C=N–C) groups is 1. The van der Waals surface area contributed by atoms with Crippen LogP contribution in [-0.2, 0) is 0 Å². The second-order valence-electron chi connectivity index (χ2n) is 7.17. The van der Waals surface area contributed by atoms with E-state index in [2.05, 4.69) is 49.3 Å². The van der Waals surface area contributed by atoms with Crippen LogP contribution in [0, 0.1) is 6.92 Å². The molecule has 0 radical (unpaired) electrons. The Morgan fingerprint density at radius 3 is 2.65 bits per heavy atom. The maximum atomic E-state index is 6.04. The fourth-order valence-electron chi connectivity index (χ4n) is 3.29. The molecule has 1 aromatic carbocycles. The van der Waals surface area contributed by atoms with E-state index in [0.29, 0.717) is 12.6 Å². The second kappa shape index (κ2) is 11.1. The lowest BCUT2D eigenvalue weighted by Gasteiger charge is -2.32. The number of para-hydroxylation sites is 1. The SMILES string of the molecule is CCCN1CCC(NC(=NCC(C)Oc2ccccc2C)NCC)CC1. The van der Waals surface area contributed by atoms with Gasteiger partial charge in [0.05, 0.1) is 6.54 Å². The lowest BCUT2D eigenvalue weighted by atomic mass is 10.1. The molecule has 2 rings (SSSR count). The second-order valence-corrected chi connectivity index (χ2v) is 7.17. The lowest BCUT2D eigenvalue weighted by molar-refractivity contribution is 0.206. The van der Waals surface area contributed by atoms with E-state index in [9.17, 15) is 0 Å². The van der Waals surface area contributed by atoms with Gasteiger partial charge in [0.15, 0.2) is 5.96 Å². The molecule has 2 N–H and O–H groups in total. The number of hydrogen-bond acceptors (Lipinski definition) is 3. The van der Waals surface area contributed by atoms with Crippen molar-refractivity contribution in [1.29, 1.82) is 0 Å². The van der Waals surface area contributed by atoms with Crippen LogP contribution in [0.5, 0.6) is 5.75 Å². The quantitative estimate of drug-likeness (QED) is 0.552. The van der Waals surface area contributed by atoms with Gasteiger partial charge in [-0.15, -0.1) is 0 Å². The van der Waals surface area contributed by atoms with Gasteiger partial charge in [-0.3, -0.25) is 0 Å². The summed E-state index contributed by atoms with van der Waals surface area (Å²) < 4.78 is 6.04. The summed E-state index contributed by atoms with van der Waals surface area (Å²) in [5, 5.41) is 6.97. The molecule has 1 aromatic rings. The van der Waals surface area contributed by atoms with Crippen LogP contribution in [0.2, 0.25) is 0 Å². The molecule has 1 fully saturated rings. The fourth-order valence-corrected chi connectivity index (χ4v) is 3.29. The van der Waals surface area contributed by atoms with Gasteiger partial charge in [0.2, 0.25) is 0 Å². The van der Waals surface area contributed by atoms with Crippen molar-refractivity contribution >= 4 is 5.96 Å². The van der Waals surface area contributed by atoms with Crippen molar-refractivity contribution in [3.8, 4) is 5.75 Å². The number of nitrogens with one attached hydrogen (secondary N) is 2. The lowest BCUT2D eigenvalue weighted by Crippen LogP contribution is -2.49. The van der Waals surface area contributed by atoms with Crippen LogP contribution in [0.4, 0.5) is 0 Å². The zero-order valence-electron chi connectivity index (χ0n) is 16.9. The Kier molecular flexibility index (Phi) is 8.75. The molecule has 146 valence electrons. The molecule has 26 heavy (non-hydrogen) atoms. The monoisotopic (exact) mass is 360 g/mol. The first-order valence-corrected chi connectivity index (χ1v) is 10.1. The summed E-state index contributed by atoms with van der Waals surface area (Å²) in [4.78, 5) is 7.30. The zero-order chi connectivity index (χ0) is 18.8. The van der Waals surface area contributed by atoms with Gasteiger partial charge in [0.1, 0.15) is 11.9 Å². The molecule has 1 heterocycles. The van der Waals surface area contributed by atoms with Crippen molar-refractivity contribution in [2.45, 2.75) is 59.1 Å². The van der Waals surface area contributed by atoms with E-state index < -0.39 is 0 Å². The van der Waals surface area contributed by atoms with Crippen LogP contribution in [-0.4, -0.2) is 55.7 Å². The van der Waals surface area contributed by atoms with E-state index in [1.54, 1.807) is 0 Å². The van der Waals surface area contributed by atoms with E-state index in [0.717, 1.165) is 23.8 Å². The highest BCUT2D eigenvalue weighted by molar-refractivity contribution is 5.80. The minimum absolute atomic E-state index is 0.0398. The number of hydrogen-bond donors (Lipinski definition) is 2. The highest BCUT2D eigenvalue weighted by atomic mass is 16.5. The Balaban J connectivity index is 1.83. The Morgan fingerprint density at radius 1 is 1.27 bits per heavy atom. The molecule has 5 heteroatoms. The summed E-state index contributed by atoms with van der Waals surface area (Å²) in [6.07, 6.45) is 3.64. The average molecular weight is 361 g/mol. The van der Waals surface area contributed by atoms with E-state index >= 15 is 0 Å². The van der Waals surface area contributed by atoms with Gasteiger partial charge in [0.25, 0.3) is 0 Å². The summed E-state index contributed by atoms with van der Waals surface area (Å²) in [5.74, 6) is 1.85. The smallest absolute Gasteiger partial charge is 0.191 e. The largest absolute Gasteiger partial charge is 0.489 e. The molecule has 1 saturated heterocycles. The van der Waals surface area contributed by atoms with Crippen molar-refractivity contribution in [2.24, 2.45) is 4.99 Å². The predicted octanol–water partition coefficient (Wildman–Crippen LogP) is 3.19. The Morgan fingerprint density at radius 2 is 2.00 bits per heavy atom. The van der Waals surface area contributed by atoms with Gasteiger partial charge < -0.3 is 20.3 Å². The van der Waals surface area contributed by atoms with Gasteiger partial charge in [-0.25, -0.2) is 4.99 Å². The molecule has 5 nitrogen and oxygen atoms in total. The van der Waals surface area contributed by atoms with Crippen molar-refractivity contribution < 1.29 is 4.74 Å². The molecular weight excluding hydrogens is 324 g/mol. The first kappa shape index (κ1) is 20.6. The predicted molar refractivity (Wildman–Crippen MR) is 110 cm³/mol. The van der Waals surface area contributed by atoms with E-state index in [4.69, 9.17) is 9.73 Å². The fraction of sp³-hybridized carbons (Fsp3) is 0.667. The number of aryl methyl sites for hydroxylation is 1. The molecule has 0 aliphatic carbocycles. The van der Waals surface area contributed by atoms with E-state index in [-0.39, 0.29) is 6.10 Å². The summed E-state index contributed by atoms with van der Waals surface area (Å²) in [5.41, 5.74) is 1.16. The standard InChI is InChI=1S/C21H36N4O/c1-5-13-25-14-11-19(12-15-25)24-21(22-6-2)23-16-18(4)26-20-10-8-7-9-17(20)3/h7-10,18-19H,5-6,11-16H2,1-4H3,(H2,22,23,24). The van der Waals surface area contributed by atoms with Crippen molar-refractivity contribution in [3.05, 3.63) is 29.8 Å². The highest BCUT2D eigenvalue weighted by Crippen LogP contribution is 2.17. The maximum Gasteiger partial charge on any atom is 0.191 e. The molecule has 0 amide bonds. The van der Waals surface area contributed by atoms with Gasteiger partial charge in [-0.05, 0) is 58.2 Å². The van der Waals surface area contributed by atoms with Gasteiger partial charge >= 0.3 is 0 Å². The normalized spacial score (nSPS) is 17.8. The summed E-state index contributed by atoms with van der Waals surface area (Å²) in [6, 6.07) is 8.64. The van der Waals surface area contributed by atoms with Gasteiger partial charge in [0, 0.05) is 25.7 Å². The molecule has 0 spiro atoms. The summed E-state index contributed by atoms with van der Waals surface area (Å²) in [7, 11) is 0. The Labute approximate surface area is 159 Å². The van der Waals surface area contributed by atoms with E-state index in [1.165, 1.54) is 38.9 Å². The third-order valence-corrected chi connectivity index (χ3v) is 4.74. The number of rotatable bonds is 8. The minimum Gasteiger partial charge on any atom is -0.489 e. The van der Waals surface area contributed by atoms with Crippen molar-refractivity contribution in [3.63, 3.8) is 0 Å². The van der Waals surface area contributed by atoms with Crippen molar-refractivity contribution in [2.75, 3.05) is 32.7 Å². The highest BCUT2D eigenvalue weighted by Gasteiger charge is 2.19. The molecule has 0 aromatic heterocycles. The molecule has 1 aliphatic rings. The average Bonchev–Trinajstić information content (AvgIpc) is 2.64. The molecule has 1 aliphatic heterocycles. The molecule has 1 unspecified atom stereocenters. The number of benzene rings is 1. The molecule has 1 atom stereocenters. The third-order valence-electron chi connectivity index (χ3n) is 4.74. The molecule has 0 bridgehead atoms. The van der Waals surface area contributed by atoms with Crippen molar-refractivity contribution in [1.82, 2.24) is 15.5 Å². The van der Waals surface area contributed by atoms with Gasteiger partial charge in [-0.2, -0.15) is 0 Å².